The van der Waals surface area contributed by atoms with Crippen LogP contribution in [0.25, 0.3) is 22.6 Å². The number of nitrogens with zero attached hydrogens (tertiary/aromatic N) is 5. The molecular formula is C25H22N6O2. The Balaban J connectivity index is 1.40. The fourth-order valence-electron chi connectivity index (χ4n) is 4.24. The van der Waals surface area contributed by atoms with Gasteiger partial charge in [-0.05, 0) is 61.1 Å². The van der Waals surface area contributed by atoms with Crippen molar-refractivity contribution >= 4 is 11.7 Å². The topological polar surface area (TPSA) is 94.8 Å². The van der Waals surface area contributed by atoms with E-state index in [0.29, 0.717) is 47.1 Å². The van der Waals surface area contributed by atoms with E-state index in [1.54, 1.807) is 12.4 Å². The smallest absolute Gasteiger partial charge is 0.260 e. The van der Waals surface area contributed by atoms with E-state index in [9.17, 15) is 4.79 Å². The standard InChI is InChI=1S/C25H22N6O2/c1-15-5-6-17(11-26-15)16-7-8-22-20(10-16)25(32)29-23-4-2-3-21(28-23)24-30-27-14-31(24)12-18-9-19(18)13-33-22/h2-8,10-11,14,18-19H,9,12-13H2,1H3,(H,28,29,32)/t18-,19?/m1/s1. The van der Waals surface area contributed by atoms with Crippen molar-refractivity contribution in [3.63, 3.8) is 0 Å². The molecule has 1 aliphatic heterocycles. The number of benzene rings is 1. The molecule has 0 saturated heterocycles. The summed E-state index contributed by atoms with van der Waals surface area (Å²) in [6, 6.07) is 15.2. The maximum atomic E-state index is 13.3. The van der Waals surface area contributed by atoms with Crippen LogP contribution < -0.4 is 10.1 Å². The van der Waals surface area contributed by atoms with Gasteiger partial charge in [0.1, 0.15) is 23.6 Å². The zero-order valence-electron chi connectivity index (χ0n) is 18.1. The minimum absolute atomic E-state index is 0.276. The molecule has 3 aromatic heterocycles. The monoisotopic (exact) mass is 438 g/mol. The summed E-state index contributed by atoms with van der Waals surface area (Å²) in [4.78, 5) is 22.3. The molecule has 2 bridgehead atoms. The SMILES string of the molecule is Cc1ccc(-c2ccc3c(c2)C(=O)Nc2cccc(n2)-c2nncn2C[C@H]2CC2CO3)cn1. The summed E-state index contributed by atoms with van der Waals surface area (Å²) in [5.74, 6) is 2.36. The van der Waals surface area contributed by atoms with E-state index in [1.807, 2.05) is 60.2 Å². The Morgan fingerprint density at radius 1 is 1.09 bits per heavy atom. The van der Waals surface area contributed by atoms with Crippen molar-refractivity contribution in [2.24, 2.45) is 11.8 Å². The van der Waals surface area contributed by atoms with Crippen molar-refractivity contribution < 1.29 is 9.53 Å². The van der Waals surface area contributed by atoms with Gasteiger partial charge in [0.15, 0.2) is 5.82 Å². The highest BCUT2D eigenvalue weighted by Crippen LogP contribution is 2.41. The fourth-order valence-corrected chi connectivity index (χ4v) is 4.24. The zero-order chi connectivity index (χ0) is 22.4. The van der Waals surface area contributed by atoms with E-state index in [2.05, 4.69) is 25.5 Å². The average molecular weight is 438 g/mol. The van der Waals surface area contributed by atoms with Gasteiger partial charge in [0.25, 0.3) is 5.91 Å². The van der Waals surface area contributed by atoms with Gasteiger partial charge >= 0.3 is 0 Å². The lowest BCUT2D eigenvalue weighted by Gasteiger charge is -2.15. The van der Waals surface area contributed by atoms with Crippen molar-refractivity contribution in [1.29, 1.82) is 0 Å². The number of nitrogens with one attached hydrogen (secondary N) is 1. The molecular weight excluding hydrogens is 416 g/mol. The number of rotatable bonds is 1. The molecule has 8 heteroatoms. The second-order valence-electron chi connectivity index (χ2n) is 8.64. The van der Waals surface area contributed by atoms with Crippen molar-refractivity contribution in [3.05, 3.63) is 72.3 Å². The van der Waals surface area contributed by atoms with Gasteiger partial charge in [0.05, 0.1) is 12.2 Å². The van der Waals surface area contributed by atoms with E-state index in [0.717, 1.165) is 29.8 Å². The van der Waals surface area contributed by atoms with Gasteiger partial charge in [-0.3, -0.25) is 9.78 Å². The summed E-state index contributed by atoms with van der Waals surface area (Å²) in [6.07, 6.45) is 4.62. The Bertz CT molecular complexity index is 1350. The molecule has 1 aromatic carbocycles. The molecule has 1 amide bonds. The predicted octanol–water partition coefficient (Wildman–Crippen LogP) is 3.99. The molecule has 8 nitrogen and oxygen atoms in total. The van der Waals surface area contributed by atoms with Crippen LogP contribution in [0.4, 0.5) is 5.82 Å². The highest BCUT2D eigenvalue weighted by atomic mass is 16.5. The van der Waals surface area contributed by atoms with Crippen LogP contribution in [-0.2, 0) is 6.54 Å². The molecule has 2 atom stereocenters. The summed E-state index contributed by atoms with van der Waals surface area (Å²) in [5.41, 5.74) is 3.93. The molecule has 2 aliphatic rings. The first-order valence-corrected chi connectivity index (χ1v) is 11.0. The Morgan fingerprint density at radius 2 is 2.00 bits per heavy atom. The van der Waals surface area contributed by atoms with Gasteiger partial charge in [-0.2, -0.15) is 0 Å². The first kappa shape index (κ1) is 19.6. The molecule has 164 valence electrons. The molecule has 6 rings (SSSR count). The molecule has 1 aliphatic carbocycles. The number of hydrogen-bond acceptors (Lipinski definition) is 6. The van der Waals surface area contributed by atoms with Gasteiger partial charge in [-0.15, -0.1) is 10.2 Å². The van der Waals surface area contributed by atoms with Crippen LogP contribution in [0.5, 0.6) is 5.75 Å². The van der Waals surface area contributed by atoms with Crippen LogP contribution >= 0.6 is 0 Å². The Kier molecular flexibility index (Phi) is 4.64. The van der Waals surface area contributed by atoms with Crippen LogP contribution in [0, 0.1) is 18.8 Å². The summed E-state index contributed by atoms with van der Waals surface area (Å²) in [5, 5.41) is 11.3. The van der Waals surface area contributed by atoms with Gasteiger partial charge in [0.2, 0.25) is 0 Å². The third-order valence-electron chi connectivity index (χ3n) is 6.26. The second kappa shape index (κ2) is 7.81. The number of carbonyl (C=O) groups excluding carboxylic acids is 1. The first-order valence-electron chi connectivity index (χ1n) is 11.0. The summed E-state index contributed by atoms with van der Waals surface area (Å²) in [7, 11) is 0. The van der Waals surface area contributed by atoms with Gasteiger partial charge in [-0.25, -0.2) is 4.98 Å². The number of ether oxygens (including phenoxy) is 1. The molecule has 1 unspecified atom stereocenters. The summed E-state index contributed by atoms with van der Waals surface area (Å²) >= 11 is 0. The minimum Gasteiger partial charge on any atom is -0.492 e. The molecule has 0 spiro atoms. The quantitative estimate of drug-likeness (QED) is 0.483. The highest BCUT2D eigenvalue weighted by Gasteiger charge is 2.38. The van der Waals surface area contributed by atoms with Crippen LogP contribution in [-0.4, -0.2) is 37.2 Å². The molecule has 33 heavy (non-hydrogen) atoms. The Labute approximate surface area is 190 Å². The maximum absolute atomic E-state index is 13.3. The molecule has 4 aromatic rings. The van der Waals surface area contributed by atoms with Crippen LogP contribution in [0.2, 0.25) is 0 Å². The number of fused-ring (bicyclic) bond motifs is 6. The zero-order valence-corrected chi connectivity index (χ0v) is 18.1. The van der Waals surface area contributed by atoms with E-state index >= 15 is 0 Å². The number of aromatic nitrogens is 5. The third kappa shape index (κ3) is 3.84. The number of carbonyl (C=O) groups is 1. The lowest BCUT2D eigenvalue weighted by atomic mass is 10.0. The number of pyridine rings is 2. The molecule has 1 fully saturated rings. The Morgan fingerprint density at radius 3 is 2.88 bits per heavy atom. The lowest BCUT2D eigenvalue weighted by molar-refractivity contribution is 0.102. The number of amides is 1. The molecule has 1 saturated carbocycles. The van der Waals surface area contributed by atoms with Crippen molar-refractivity contribution in [1.82, 2.24) is 24.7 Å². The van der Waals surface area contributed by atoms with E-state index in [1.165, 1.54) is 0 Å². The molecule has 0 radical (unpaired) electrons. The summed E-state index contributed by atoms with van der Waals surface area (Å²) < 4.78 is 8.18. The van der Waals surface area contributed by atoms with Crippen molar-refractivity contribution in [2.45, 2.75) is 19.9 Å². The van der Waals surface area contributed by atoms with Gasteiger partial charge in [-0.1, -0.05) is 18.2 Å². The van der Waals surface area contributed by atoms with Crippen LogP contribution in [0.1, 0.15) is 22.5 Å². The van der Waals surface area contributed by atoms with Gasteiger partial charge < -0.3 is 14.6 Å². The number of hydrogen-bond donors (Lipinski definition) is 1. The van der Waals surface area contributed by atoms with Crippen molar-refractivity contribution in [3.8, 4) is 28.4 Å². The minimum atomic E-state index is -0.276. The number of anilines is 1. The fraction of sp³-hybridized carbons (Fsp3) is 0.240. The maximum Gasteiger partial charge on any atom is 0.260 e. The van der Waals surface area contributed by atoms with Crippen molar-refractivity contribution in [2.75, 3.05) is 11.9 Å². The number of aryl methyl sites for hydroxylation is 1. The first-order chi connectivity index (χ1) is 16.1. The third-order valence-corrected chi connectivity index (χ3v) is 6.26. The Hall–Kier alpha value is -4.07. The average Bonchev–Trinajstić information content (AvgIpc) is 3.40. The predicted molar refractivity (Wildman–Crippen MR) is 123 cm³/mol. The van der Waals surface area contributed by atoms with Crippen LogP contribution in [0.3, 0.4) is 0 Å². The van der Waals surface area contributed by atoms with E-state index < -0.39 is 0 Å². The molecule has 1 N–H and O–H groups in total. The second-order valence-corrected chi connectivity index (χ2v) is 8.64. The molecule has 4 heterocycles. The highest BCUT2D eigenvalue weighted by molar-refractivity contribution is 6.06. The van der Waals surface area contributed by atoms with Crippen LogP contribution in [0.15, 0.2) is 61.1 Å². The lowest BCUT2D eigenvalue weighted by Crippen LogP contribution is -2.16. The van der Waals surface area contributed by atoms with Gasteiger partial charge in [0, 0.05) is 24.0 Å². The summed E-state index contributed by atoms with van der Waals surface area (Å²) in [6.45, 7) is 3.33. The van der Waals surface area contributed by atoms with E-state index in [4.69, 9.17) is 4.74 Å². The van der Waals surface area contributed by atoms with E-state index in [-0.39, 0.29) is 5.91 Å². The normalized spacial score (nSPS) is 19.2. The largest absolute Gasteiger partial charge is 0.492 e.